The van der Waals surface area contributed by atoms with Crippen molar-refractivity contribution in [3.8, 4) is 0 Å². The fourth-order valence-corrected chi connectivity index (χ4v) is 4.11. The van der Waals surface area contributed by atoms with E-state index in [1.807, 2.05) is 11.4 Å². The largest absolute Gasteiger partial charge is 0.319 e. The molecule has 1 aliphatic carbocycles. The maximum atomic E-state index is 12.3. The van der Waals surface area contributed by atoms with Crippen LogP contribution in [0.4, 0.5) is 0 Å². The van der Waals surface area contributed by atoms with E-state index in [1.165, 1.54) is 6.42 Å². The van der Waals surface area contributed by atoms with Crippen molar-refractivity contribution in [1.29, 1.82) is 0 Å². The highest BCUT2D eigenvalue weighted by molar-refractivity contribution is 9.10. The Hall–Kier alpha value is -0.190. The molecule has 94 valence electrons. The van der Waals surface area contributed by atoms with Gasteiger partial charge in [-0.2, -0.15) is 0 Å². The summed E-state index contributed by atoms with van der Waals surface area (Å²) >= 11 is 5.08. The average Bonchev–Trinajstić information content (AvgIpc) is 2.64. The molecule has 1 aromatic rings. The van der Waals surface area contributed by atoms with Gasteiger partial charge in [-0.3, -0.25) is 4.79 Å². The molecule has 1 aromatic heterocycles. The van der Waals surface area contributed by atoms with Gasteiger partial charge in [-0.05, 0) is 46.1 Å². The van der Waals surface area contributed by atoms with Crippen LogP contribution in [0.25, 0.3) is 0 Å². The lowest BCUT2D eigenvalue weighted by Gasteiger charge is -2.35. The van der Waals surface area contributed by atoms with Gasteiger partial charge in [0.15, 0.2) is 5.78 Å². The third-order valence-electron chi connectivity index (χ3n) is 3.60. The number of halogens is 1. The zero-order valence-corrected chi connectivity index (χ0v) is 12.4. The Labute approximate surface area is 115 Å². The topological polar surface area (TPSA) is 43.1 Å². The van der Waals surface area contributed by atoms with Gasteiger partial charge >= 0.3 is 0 Å². The van der Waals surface area contributed by atoms with E-state index in [2.05, 4.69) is 22.9 Å². The molecule has 2 rings (SSSR count). The zero-order valence-electron chi connectivity index (χ0n) is 10.0. The molecule has 2 N–H and O–H groups in total. The number of hydrogen-bond donors (Lipinski definition) is 1. The van der Waals surface area contributed by atoms with Gasteiger partial charge in [0.2, 0.25) is 0 Å². The minimum Gasteiger partial charge on any atom is -0.319 e. The molecule has 0 amide bonds. The zero-order chi connectivity index (χ0) is 12.5. The monoisotopic (exact) mass is 315 g/mol. The van der Waals surface area contributed by atoms with E-state index in [0.29, 0.717) is 12.3 Å². The van der Waals surface area contributed by atoms with Crippen LogP contribution in [0.3, 0.4) is 0 Å². The summed E-state index contributed by atoms with van der Waals surface area (Å²) in [7, 11) is 0. The van der Waals surface area contributed by atoms with Gasteiger partial charge in [0.25, 0.3) is 0 Å². The number of hydrogen-bond acceptors (Lipinski definition) is 3. The van der Waals surface area contributed by atoms with Gasteiger partial charge in [-0.15, -0.1) is 11.3 Å². The molecule has 0 bridgehead atoms. The Balaban J connectivity index is 2.07. The van der Waals surface area contributed by atoms with Crippen LogP contribution in [0.5, 0.6) is 0 Å². The third kappa shape index (κ3) is 2.98. The Morgan fingerprint density at radius 3 is 3.06 bits per heavy atom. The van der Waals surface area contributed by atoms with Crippen LogP contribution in [-0.4, -0.2) is 11.3 Å². The van der Waals surface area contributed by atoms with Crippen LogP contribution in [0.1, 0.15) is 37.5 Å². The summed E-state index contributed by atoms with van der Waals surface area (Å²) < 4.78 is 1.03. The molecule has 17 heavy (non-hydrogen) atoms. The number of Topliss-reactive ketones (excluding diaryl/α,β-unsaturated/α-hetero) is 1. The van der Waals surface area contributed by atoms with Crippen LogP contribution in [0.2, 0.25) is 0 Å². The second-order valence-corrected chi connectivity index (χ2v) is 7.00. The molecule has 0 saturated heterocycles. The van der Waals surface area contributed by atoms with Gasteiger partial charge in [0.1, 0.15) is 0 Å². The van der Waals surface area contributed by atoms with Crippen LogP contribution in [0.15, 0.2) is 15.9 Å². The summed E-state index contributed by atoms with van der Waals surface area (Å²) in [5.41, 5.74) is 5.72. The first-order chi connectivity index (χ1) is 8.01. The molecule has 2 nitrogen and oxygen atoms in total. The number of thiophene rings is 1. The summed E-state index contributed by atoms with van der Waals surface area (Å²) in [5.74, 6) is 0.775. The normalized spacial score (nSPS) is 29.2. The second kappa shape index (κ2) is 5.21. The van der Waals surface area contributed by atoms with Crippen LogP contribution < -0.4 is 5.73 Å². The predicted molar refractivity (Wildman–Crippen MR) is 75.3 cm³/mol. The van der Waals surface area contributed by atoms with E-state index in [4.69, 9.17) is 5.73 Å². The molecule has 1 saturated carbocycles. The van der Waals surface area contributed by atoms with Crippen molar-refractivity contribution in [3.05, 3.63) is 20.8 Å². The molecule has 0 spiro atoms. The quantitative estimate of drug-likeness (QED) is 0.927. The number of nitrogens with two attached hydrogens (primary N) is 1. The van der Waals surface area contributed by atoms with Gasteiger partial charge in [-0.1, -0.05) is 19.8 Å². The molecule has 0 aliphatic heterocycles. The van der Waals surface area contributed by atoms with E-state index in [9.17, 15) is 4.79 Å². The lowest BCUT2D eigenvalue weighted by atomic mass is 9.74. The van der Waals surface area contributed by atoms with Crippen molar-refractivity contribution in [2.45, 2.75) is 44.6 Å². The van der Waals surface area contributed by atoms with Crippen LogP contribution >= 0.6 is 27.3 Å². The van der Waals surface area contributed by atoms with Gasteiger partial charge in [-0.25, -0.2) is 0 Å². The standard InChI is InChI=1S/C13H18BrNOS/c1-9-3-2-5-13(15,8-9)12(16)7-11-10(14)4-6-17-11/h4,6,9H,2-3,5,7-8,15H2,1H3. The lowest BCUT2D eigenvalue weighted by Crippen LogP contribution is -2.51. The number of rotatable bonds is 3. The number of ketones is 1. The third-order valence-corrected chi connectivity index (χ3v) is 5.53. The van der Waals surface area contributed by atoms with Crippen molar-refractivity contribution in [3.63, 3.8) is 0 Å². The smallest absolute Gasteiger partial charge is 0.157 e. The van der Waals surface area contributed by atoms with Crippen LogP contribution in [-0.2, 0) is 11.2 Å². The predicted octanol–water partition coefficient (Wildman–Crippen LogP) is 3.53. The Kier molecular flexibility index (Phi) is 4.06. The summed E-state index contributed by atoms with van der Waals surface area (Å²) in [6.07, 6.45) is 4.44. The maximum Gasteiger partial charge on any atom is 0.157 e. The number of carbonyl (C=O) groups is 1. The summed E-state index contributed by atoms with van der Waals surface area (Å²) in [5, 5.41) is 2.00. The van der Waals surface area contributed by atoms with Crippen molar-refractivity contribution in [1.82, 2.24) is 0 Å². The molecule has 4 heteroatoms. The molecule has 0 radical (unpaired) electrons. The Bertz CT molecular complexity index is 417. The summed E-state index contributed by atoms with van der Waals surface area (Å²) in [6, 6.07) is 1.99. The van der Waals surface area contributed by atoms with Crippen molar-refractivity contribution < 1.29 is 4.79 Å². The SMILES string of the molecule is CC1CCCC(N)(C(=O)Cc2sccc2Br)C1. The highest BCUT2D eigenvalue weighted by Crippen LogP contribution is 2.33. The van der Waals surface area contributed by atoms with E-state index < -0.39 is 5.54 Å². The van der Waals surface area contributed by atoms with E-state index in [0.717, 1.165) is 28.6 Å². The second-order valence-electron chi connectivity index (χ2n) is 5.15. The molecule has 1 fully saturated rings. The van der Waals surface area contributed by atoms with Crippen molar-refractivity contribution in [2.75, 3.05) is 0 Å². The van der Waals surface area contributed by atoms with E-state index in [1.54, 1.807) is 11.3 Å². The highest BCUT2D eigenvalue weighted by atomic mass is 79.9. The number of carbonyl (C=O) groups excluding carboxylic acids is 1. The van der Waals surface area contributed by atoms with Gasteiger partial charge in [0, 0.05) is 15.8 Å². The molecule has 2 atom stereocenters. The Morgan fingerprint density at radius 2 is 2.47 bits per heavy atom. The first kappa shape index (κ1) is 13.2. The van der Waals surface area contributed by atoms with Crippen molar-refractivity contribution >= 4 is 33.0 Å². The fourth-order valence-electron chi connectivity index (χ4n) is 2.62. The molecule has 1 aliphatic rings. The highest BCUT2D eigenvalue weighted by Gasteiger charge is 2.37. The lowest BCUT2D eigenvalue weighted by molar-refractivity contribution is -0.125. The first-order valence-corrected chi connectivity index (χ1v) is 7.72. The molecular formula is C13H18BrNOS. The molecule has 2 unspecified atom stereocenters. The molecule has 1 heterocycles. The minimum atomic E-state index is -0.582. The fraction of sp³-hybridized carbons (Fsp3) is 0.615. The Morgan fingerprint density at radius 1 is 1.71 bits per heavy atom. The van der Waals surface area contributed by atoms with Gasteiger partial charge < -0.3 is 5.73 Å². The molecule has 0 aromatic carbocycles. The van der Waals surface area contributed by atoms with E-state index >= 15 is 0 Å². The van der Waals surface area contributed by atoms with Gasteiger partial charge in [0.05, 0.1) is 5.54 Å². The summed E-state index contributed by atoms with van der Waals surface area (Å²) in [4.78, 5) is 13.4. The minimum absolute atomic E-state index is 0.201. The first-order valence-electron chi connectivity index (χ1n) is 6.05. The summed E-state index contributed by atoms with van der Waals surface area (Å²) in [6.45, 7) is 2.19. The average molecular weight is 316 g/mol. The van der Waals surface area contributed by atoms with E-state index in [-0.39, 0.29) is 5.78 Å². The maximum absolute atomic E-state index is 12.3. The van der Waals surface area contributed by atoms with Crippen LogP contribution in [0, 0.1) is 5.92 Å². The van der Waals surface area contributed by atoms with Crippen molar-refractivity contribution in [2.24, 2.45) is 11.7 Å². The molecular weight excluding hydrogens is 298 g/mol.